The minimum absolute atomic E-state index is 0.0413. The Labute approximate surface area is 115 Å². The van der Waals surface area contributed by atoms with Gasteiger partial charge in [0.15, 0.2) is 0 Å². The van der Waals surface area contributed by atoms with E-state index in [1.165, 1.54) is 18.2 Å². The van der Waals surface area contributed by atoms with Crippen molar-refractivity contribution < 1.29 is 13.9 Å². The van der Waals surface area contributed by atoms with E-state index in [4.69, 9.17) is 11.6 Å². The van der Waals surface area contributed by atoms with E-state index >= 15 is 0 Å². The second kappa shape index (κ2) is 5.68. The molecular weight excluding hydrogens is 270 g/mol. The van der Waals surface area contributed by atoms with Crippen LogP contribution in [0.1, 0.15) is 22.8 Å². The van der Waals surface area contributed by atoms with Crippen molar-refractivity contribution >= 4 is 11.6 Å². The van der Waals surface area contributed by atoms with E-state index in [9.17, 15) is 13.9 Å². The van der Waals surface area contributed by atoms with Gasteiger partial charge in [0.05, 0.1) is 11.1 Å². The Morgan fingerprint density at radius 1 is 1.11 bits per heavy atom. The summed E-state index contributed by atoms with van der Waals surface area (Å²) in [5.74, 6) is -0.889. The van der Waals surface area contributed by atoms with E-state index in [1.807, 2.05) is 0 Å². The summed E-state index contributed by atoms with van der Waals surface area (Å²) in [5.41, 5.74) is 1.60. The maximum Gasteiger partial charge on any atom is 0.142 e. The smallest absolute Gasteiger partial charge is 0.142 e. The lowest BCUT2D eigenvalue weighted by molar-refractivity contribution is 0.178. The molecule has 0 aliphatic heterocycles. The van der Waals surface area contributed by atoms with E-state index in [2.05, 4.69) is 0 Å². The number of aliphatic hydroxyl groups is 1. The predicted molar refractivity (Wildman–Crippen MR) is 71.2 cm³/mol. The molecule has 2 aromatic carbocycles. The number of halogens is 3. The summed E-state index contributed by atoms with van der Waals surface area (Å²) in [6.07, 6.45) is -0.674. The first kappa shape index (κ1) is 14.0. The van der Waals surface area contributed by atoms with Crippen LogP contribution >= 0.6 is 11.6 Å². The third kappa shape index (κ3) is 3.31. The van der Waals surface area contributed by atoms with Gasteiger partial charge in [-0.05, 0) is 41.8 Å². The van der Waals surface area contributed by atoms with Crippen molar-refractivity contribution in [3.8, 4) is 0 Å². The molecular formula is C15H13ClF2O. The van der Waals surface area contributed by atoms with Crippen LogP contribution in [0.4, 0.5) is 8.78 Å². The van der Waals surface area contributed by atoms with Crippen LogP contribution in [0.2, 0.25) is 5.02 Å². The highest BCUT2D eigenvalue weighted by molar-refractivity contribution is 6.30. The quantitative estimate of drug-likeness (QED) is 0.894. The summed E-state index contributed by atoms with van der Waals surface area (Å²) in [7, 11) is 0. The molecule has 0 spiro atoms. The Morgan fingerprint density at radius 3 is 2.47 bits per heavy atom. The van der Waals surface area contributed by atoms with Crippen molar-refractivity contribution in [3.63, 3.8) is 0 Å². The maximum absolute atomic E-state index is 13.4. The zero-order chi connectivity index (χ0) is 14.0. The molecule has 0 bridgehead atoms. The van der Waals surface area contributed by atoms with Gasteiger partial charge in [-0.3, -0.25) is 0 Å². The maximum atomic E-state index is 13.4. The van der Waals surface area contributed by atoms with Gasteiger partial charge < -0.3 is 5.11 Å². The molecule has 1 unspecified atom stereocenters. The average molecular weight is 283 g/mol. The second-order valence-corrected chi connectivity index (χ2v) is 4.88. The second-order valence-electron chi connectivity index (χ2n) is 4.48. The van der Waals surface area contributed by atoms with Crippen LogP contribution < -0.4 is 0 Å². The van der Waals surface area contributed by atoms with Crippen LogP contribution in [0.3, 0.4) is 0 Å². The summed E-state index contributed by atoms with van der Waals surface area (Å²) >= 11 is 5.59. The lowest BCUT2D eigenvalue weighted by Gasteiger charge is -2.12. The number of aliphatic hydroxyl groups excluding tert-OH is 1. The topological polar surface area (TPSA) is 20.2 Å². The molecule has 0 aromatic heterocycles. The molecule has 0 aliphatic rings. The molecule has 100 valence electrons. The van der Waals surface area contributed by atoms with Crippen molar-refractivity contribution in [1.82, 2.24) is 0 Å². The standard InChI is InChI=1S/C15H13ClF2O/c1-9-2-4-11(8-13(9)17)15(19)7-10-3-5-12(16)14(18)6-10/h2-6,8,15,19H,7H2,1H3. The third-order valence-corrected chi connectivity index (χ3v) is 3.30. The van der Waals surface area contributed by atoms with Crippen LogP contribution in [0.15, 0.2) is 36.4 Å². The fourth-order valence-electron chi connectivity index (χ4n) is 1.82. The van der Waals surface area contributed by atoms with Crippen LogP contribution in [0.5, 0.6) is 0 Å². The summed E-state index contributed by atoms with van der Waals surface area (Å²) < 4.78 is 26.7. The van der Waals surface area contributed by atoms with Crippen molar-refractivity contribution in [2.75, 3.05) is 0 Å². The van der Waals surface area contributed by atoms with E-state index < -0.39 is 11.9 Å². The molecule has 0 radical (unpaired) electrons. The Morgan fingerprint density at radius 2 is 1.84 bits per heavy atom. The van der Waals surface area contributed by atoms with Crippen molar-refractivity contribution in [2.24, 2.45) is 0 Å². The van der Waals surface area contributed by atoms with Gasteiger partial charge in [0.2, 0.25) is 0 Å². The predicted octanol–water partition coefficient (Wildman–Crippen LogP) is 4.20. The summed E-state index contributed by atoms with van der Waals surface area (Å²) in [4.78, 5) is 0. The highest BCUT2D eigenvalue weighted by atomic mass is 35.5. The fourth-order valence-corrected chi connectivity index (χ4v) is 1.94. The zero-order valence-corrected chi connectivity index (χ0v) is 11.1. The lowest BCUT2D eigenvalue weighted by Crippen LogP contribution is -2.03. The van der Waals surface area contributed by atoms with E-state index in [-0.39, 0.29) is 17.3 Å². The number of aryl methyl sites for hydroxylation is 1. The number of hydrogen-bond donors (Lipinski definition) is 1. The van der Waals surface area contributed by atoms with Gasteiger partial charge in [0, 0.05) is 6.42 Å². The van der Waals surface area contributed by atoms with E-state index in [0.29, 0.717) is 16.7 Å². The van der Waals surface area contributed by atoms with Gasteiger partial charge in [-0.25, -0.2) is 8.78 Å². The van der Waals surface area contributed by atoms with Crippen LogP contribution in [-0.4, -0.2) is 5.11 Å². The van der Waals surface area contributed by atoms with Crippen LogP contribution in [0.25, 0.3) is 0 Å². The van der Waals surface area contributed by atoms with Gasteiger partial charge in [-0.15, -0.1) is 0 Å². The van der Waals surface area contributed by atoms with Crippen LogP contribution in [-0.2, 0) is 6.42 Å². The van der Waals surface area contributed by atoms with Crippen molar-refractivity contribution in [1.29, 1.82) is 0 Å². The molecule has 0 saturated heterocycles. The van der Waals surface area contributed by atoms with Gasteiger partial charge in [0.25, 0.3) is 0 Å². The van der Waals surface area contributed by atoms with E-state index in [0.717, 1.165) is 0 Å². The molecule has 4 heteroatoms. The van der Waals surface area contributed by atoms with E-state index in [1.54, 1.807) is 25.1 Å². The van der Waals surface area contributed by atoms with Gasteiger partial charge in [0.1, 0.15) is 11.6 Å². The van der Waals surface area contributed by atoms with Gasteiger partial charge in [-0.1, -0.05) is 29.8 Å². The molecule has 0 amide bonds. The van der Waals surface area contributed by atoms with Crippen molar-refractivity contribution in [3.05, 3.63) is 69.7 Å². The lowest BCUT2D eigenvalue weighted by atomic mass is 10.0. The van der Waals surface area contributed by atoms with Crippen molar-refractivity contribution in [2.45, 2.75) is 19.4 Å². The monoisotopic (exact) mass is 282 g/mol. The third-order valence-electron chi connectivity index (χ3n) is 2.99. The molecule has 1 nitrogen and oxygen atoms in total. The molecule has 0 saturated carbocycles. The summed E-state index contributed by atoms with van der Waals surface area (Å²) in [6, 6.07) is 8.92. The highest BCUT2D eigenvalue weighted by Crippen LogP contribution is 2.23. The fraction of sp³-hybridized carbons (Fsp3) is 0.200. The number of rotatable bonds is 3. The average Bonchev–Trinajstić information content (AvgIpc) is 2.37. The molecule has 2 rings (SSSR count). The molecule has 1 N–H and O–H groups in total. The first-order chi connectivity index (χ1) is 8.97. The minimum atomic E-state index is -0.879. The molecule has 1 atom stereocenters. The largest absolute Gasteiger partial charge is 0.388 e. The first-order valence-corrected chi connectivity index (χ1v) is 6.23. The molecule has 19 heavy (non-hydrogen) atoms. The summed E-state index contributed by atoms with van der Waals surface area (Å²) in [5, 5.41) is 10.1. The van der Waals surface area contributed by atoms with Gasteiger partial charge in [-0.2, -0.15) is 0 Å². The SMILES string of the molecule is Cc1ccc(C(O)Cc2ccc(Cl)c(F)c2)cc1F. The highest BCUT2D eigenvalue weighted by Gasteiger charge is 2.11. The number of benzene rings is 2. The minimum Gasteiger partial charge on any atom is -0.388 e. The zero-order valence-electron chi connectivity index (χ0n) is 10.3. The molecule has 0 aliphatic carbocycles. The first-order valence-electron chi connectivity index (χ1n) is 5.85. The molecule has 2 aromatic rings. The number of hydrogen-bond acceptors (Lipinski definition) is 1. The summed E-state index contributed by atoms with van der Waals surface area (Å²) in [6.45, 7) is 1.65. The normalized spacial score (nSPS) is 12.5. The van der Waals surface area contributed by atoms with Crippen LogP contribution in [0, 0.1) is 18.6 Å². The Kier molecular flexibility index (Phi) is 4.17. The molecule has 0 fully saturated rings. The Hall–Kier alpha value is -1.45. The molecule has 0 heterocycles. The Bertz CT molecular complexity index is 599. The Balaban J connectivity index is 2.17. The van der Waals surface area contributed by atoms with Gasteiger partial charge >= 0.3 is 0 Å².